The third-order valence-corrected chi connectivity index (χ3v) is 2.74. The number of hydrogen-bond acceptors (Lipinski definition) is 2. The summed E-state index contributed by atoms with van der Waals surface area (Å²) in [4.78, 5) is 0. The fraction of sp³-hybridized carbons (Fsp3) is 0.429. The average Bonchev–Trinajstić information content (AvgIpc) is 2.32. The Morgan fingerprint density at radius 2 is 2.06 bits per heavy atom. The van der Waals surface area contributed by atoms with Crippen molar-refractivity contribution >= 4 is 0 Å². The average molecular weight is 219 g/mol. The molecule has 0 spiro atoms. The molecule has 0 aliphatic rings. The molecule has 16 heavy (non-hydrogen) atoms. The van der Waals surface area contributed by atoms with Crippen LogP contribution in [0.25, 0.3) is 0 Å². The van der Waals surface area contributed by atoms with Crippen LogP contribution in [0.3, 0.4) is 0 Å². The first-order chi connectivity index (χ1) is 7.76. The van der Waals surface area contributed by atoms with E-state index in [2.05, 4.69) is 18.8 Å². The number of hydrogen-bond donors (Lipinski definition) is 2. The summed E-state index contributed by atoms with van der Waals surface area (Å²) in [7, 11) is 0. The minimum atomic E-state index is 0.322. The van der Waals surface area contributed by atoms with Crippen LogP contribution in [-0.2, 0) is 6.54 Å². The van der Waals surface area contributed by atoms with E-state index in [1.807, 2.05) is 18.2 Å². The van der Waals surface area contributed by atoms with Gasteiger partial charge in [0.15, 0.2) is 0 Å². The van der Waals surface area contributed by atoms with Crippen molar-refractivity contribution in [2.75, 3.05) is 0 Å². The standard InChI is InChI=1S/C14H21NO/c1-3-5-6-13(4-2)15-11-12-7-9-14(16)10-8-12/h3,7-10,13,15-16H,1,4-6,11H2,2H3. The van der Waals surface area contributed by atoms with Gasteiger partial charge < -0.3 is 10.4 Å². The van der Waals surface area contributed by atoms with Crippen LogP contribution >= 0.6 is 0 Å². The third kappa shape index (κ3) is 4.49. The number of benzene rings is 1. The van der Waals surface area contributed by atoms with Gasteiger partial charge in [-0.15, -0.1) is 6.58 Å². The quantitative estimate of drug-likeness (QED) is 0.690. The van der Waals surface area contributed by atoms with Crippen LogP contribution in [-0.4, -0.2) is 11.1 Å². The smallest absolute Gasteiger partial charge is 0.115 e. The molecular weight excluding hydrogens is 198 g/mol. The molecule has 0 aliphatic heterocycles. The zero-order valence-electron chi connectivity index (χ0n) is 9.95. The number of rotatable bonds is 7. The minimum Gasteiger partial charge on any atom is -0.508 e. The molecule has 0 radical (unpaired) electrons. The molecule has 0 aromatic heterocycles. The molecule has 0 aliphatic carbocycles. The van der Waals surface area contributed by atoms with E-state index in [4.69, 9.17) is 5.11 Å². The van der Waals surface area contributed by atoms with Gasteiger partial charge in [0.25, 0.3) is 0 Å². The predicted molar refractivity (Wildman–Crippen MR) is 68.5 cm³/mol. The van der Waals surface area contributed by atoms with E-state index < -0.39 is 0 Å². The van der Waals surface area contributed by atoms with E-state index in [0.29, 0.717) is 11.8 Å². The molecule has 0 bridgehead atoms. The van der Waals surface area contributed by atoms with Gasteiger partial charge in [-0.2, -0.15) is 0 Å². The fourth-order valence-electron chi connectivity index (χ4n) is 1.65. The molecule has 2 N–H and O–H groups in total. The maximum Gasteiger partial charge on any atom is 0.115 e. The second-order valence-electron chi connectivity index (χ2n) is 4.02. The van der Waals surface area contributed by atoms with E-state index in [-0.39, 0.29) is 0 Å². The second-order valence-corrected chi connectivity index (χ2v) is 4.02. The maximum atomic E-state index is 9.16. The molecule has 1 rings (SSSR count). The lowest BCUT2D eigenvalue weighted by Crippen LogP contribution is -2.27. The van der Waals surface area contributed by atoms with Crippen LogP contribution in [0.2, 0.25) is 0 Å². The molecule has 1 aromatic rings. The molecular formula is C14H21NO. The van der Waals surface area contributed by atoms with Gasteiger partial charge in [0.05, 0.1) is 0 Å². The van der Waals surface area contributed by atoms with Crippen molar-refractivity contribution in [3.05, 3.63) is 42.5 Å². The first kappa shape index (κ1) is 12.8. The SMILES string of the molecule is C=CCCC(CC)NCc1ccc(O)cc1. The van der Waals surface area contributed by atoms with Crippen molar-refractivity contribution in [3.8, 4) is 5.75 Å². The molecule has 88 valence electrons. The van der Waals surface area contributed by atoms with Crippen molar-refractivity contribution in [1.29, 1.82) is 0 Å². The first-order valence-electron chi connectivity index (χ1n) is 5.88. The van der Waals surface area contributed by atoms with Gasteiger partial charge in [0.2, 0.25) is 0 Å². The lowest BCUT2D eigenvalue weighted by molar-refractivity contribution is 0.467. The Bertz CT molecular complexity index is 305. The van der Waals surface area contributed by atoms with Gasteiger partial charge in [-0.3, -0.25) is 0 Å². The molecule has 0 fully saturated rings. The summed E-state index contributed by atoms with van der Waals surface area (Å²) in [6.07, 6.45) is 5.29. The monoisotopic (exact) mass is 219 g/mol. The normalized spacial score (nSPS) is 12.3. The Morgan fingerprint density at radius 3 is 2.62 bits per heavy atom. The summed E-state index contributed by atoms with van der Waals surface area (Å²) >= 11 is 0. The molecule has 1 unspecified atom stereocenters. The van der Waals surface area contributed by atoms with Crippen molar-refractivity contribution in [2.24, 2.45) is 0 Å². The van der Waals surface area contributed by atoms with Crippen molar-refractivity contribution in [3.63, 3.8) is 0 Å². The number of phenolic OH excluding ortho intramolecular Hbond substituents is 1. The molecule has 0 saturated carbocycles. The minimum absolute atomic E-state index is 0.322. The van der Waals surface area contributed by atoms with E-state index >= 15 is 0 Å². The zero-order valence-corrected chi connectivity index (χ0v) is 9.95. The predicted octanol–water partition coefficient (Wildman–Crippen LogP) is 3.23. The van der Waals surface area contributed by atoms with Gasteiger partial charge in [-0.1, -0.05) is 25.1 Å². The summed E-state index contributed by atoms with van der Waals surface area (Å²) in [6.45, 7) is 6.79. The van der Waals surface area contributed by atoms with Gasteiger partial charge in [-0.05, 0) is 37.0 Å². The summed E-state index contributed by atoms with van der Waals surface area (Å²) in [6, 6.07) is 7.89. The topological polar surface area (TPSA) is 32.3 Å². The largest absolute Gasteiger partial charge is 0.508 e. The van der Waals surface area contributed by atoms with Crippen LogP contribution in [0.1, 0.15) is 31.7 Å². The van der Waals surface area contributed by atoms with E-state index in [9.17, 15) is 0 Å². The van der Waals surface area contributed by atoms with E-state index in [0.717, 1.165) is 25.8 Å². The van der Waals surface area contributed by atoms with Crippen molar-refractivity contribution < 1.29 is 5.11 Å². The lowest BCUT2D eigenvalue weighted by atomic mass is 10.1. The molecule has 2 nitrogen and oxygen atoms in total. The van der Waals surface area contributed by atoms with Gasteiger partial charge in [0.1, 0.15) is 5.75 Å². The van der Waals surface area contributed by atoms with Crippen LogP contribution in [0.5, 0.6) is 5.75 Å². The van der Waals surface area contributed by atoms with Crippen molar-refractivity contribution in [2.45, 2.75) is 38.8 Å². The Kier molecular flexibility index (Phi) is 5.65. The highest BCUT2D eigenvalue weighted by Crippen LogP contribution is 2.10. The highest BCUT2D eigenvalue weighted by Gasteiger charge is 2.03. The van der Waals surface area contributed by atoms with Crippen LogP contribution in [0.4, 0.5) is 0 Å². The zero-order chi connectivity index (χ0) is 11.8. The highest BCUT2D eigenvalue weighted by atomic mass is 16.3. The number of aromatic hydroxyl groups is 1. The van der Waals surface area contributed by atoms with Gasteiger partial charge in [-0.25, -0.2) is 0 Å². The molecule has 0 amide bonds. The second kappa shape index (κ2) is 7.07. The summed E-state index contributed by atoms with van der Waals surface area (Å²) in [5.41, 5.74) is 1.20. The summed E-state index contributed by atoms with van der Waals surface area (Å²) < 4.78 is 0. The van der Waals surface area contributed by atoms with Crippen molar-refractivity contribution in [1.82, 2.24) is 5.32 Å². The molecule has 0 saturated heterocycles. The van der Waals surface area contributed by atoms with Crippen LogP contribution in [0.15, 0.2) is 36.9 Å². The summed E-state index contributed by atoms with van der Waals surface area (Å²) in [5.74, 6) is 0.322. The molecule has 1 aromatic carbocycles. The Labute approximate surface area is 98.0 Å². The number of nitrogens with one attached hydrogen (secondary N) is 1. The maximum absolute atomic E-state index is 9.16. The Balaban J connectivity index is 2.36. The Morgan fingerprint density at radius 1 is 1.38 bits per heavy atom. The van der Waals surface area contributed by atoms with E-state index in [1.54, 1.807) is 12.1 Å². The molecule has 1 atom stereocenters. The van der Waals surface area contributed by atoms with Gasteiger partial charge in [0, 0.05) is 12.6 Å². The number of phenols is 1. The van der Waals surface area contributed by atoms with E-state index in [1.165, 1.54) is 5.56 Å². The Hall–Kier alpha value is -1.28. The first-order valence-corrected chi connectivity index (χ1v) is 5.88. The third-order valence-electron chi connectivity index (χ3n) is 2.74. The molecule has 2 heteroatoms. The fourth-order valence-corrected chi connectivity index (χ4v) is 1.65. The van der Waals surface area contributed by atoms with Crippen LogP contribution < -0.4 is 5.32 Å². The lowest BCUT2D eigenvalue weighted by Gasteiger charge is -2.16. The van der Waals surface area contributed by atoms with Gasteiger partial charge >= 0.3 is 0 Å². The number of allylic oxidation sites excluding steroid dienone is 1. The van der Waals surface area contributed by atoms with Crippen LogP contribution in [0, 0.1) is 0 Å². The molecule has 0 heterocycles. The highest BCUT2D eigenvalue weighted by molar-refractivity contribution is 5.25. The summed E-state index contributed by atoms with van der Waals surface area (Å²) in [5, 5.41) is 12.7.